The Morgan fingerprint density at radius 2 is 0.556 bits per heavy atom. The third kappa shape index (κ3) is 4.44. The minimum absolute atomic E-state index is 1.25. The second-order valence-electron chi connectivity index (χ2n) is 11.7. The molecule has 0 N–H and O–H groups in total. The third-order valence-electron chi connectivity index (χ3n) is 9.06. The number of hydrogen-bond donors (Lipinski definition) is 0. The number of fused-ring (bicyclic) bond motifs is 4. The van der Waals surface area contributed by atoms with Gasteiger partial charge in [-0.05, 0) is 101 Å². The maximum Gasteiger partial charge on any atom is 0.0349 e. The summed E-state index contributed by atoms with van der Waals surface area (Å²) in [5, 5.41) is 10.3. The van der Waals surface area contributed by atoms with Crippen LogP contribution in [0.15, 0.2) is 170 Å². The molecule has 0 nitrogen and oxygen atoms in total. The zero-order valence-corrected chi connectivity index (χ0v) is 25.4. The molecule has 0 spiro atoms. The summed E-state index contributed by atoms with van der Waals surface area (Å²) in [4.78, 5) is 2.56. The Labute approximate surface area is 266 Å². The van der Waals surface area contributed by atoms with Crippen LogP contribution >= 0.6 is 11.3 Å². The molecule has 1 heterocycles. The molecule has 9 rings (SSSR count). The smallest absolute Gasteiger partial charge is 0.0349 e. The van der Waals surface area contributed by atoms with Gasteiger partial charge < -0.3 is 0 Å². The highest BCUT2D eigenvalue weighted by Gasteiger charge is 2.13. The lowest BCUT2D eigenvalue weighted by molar-refractivity contribution is 1.66. The van der Waals surface area contributed by atoms with Gasteiger partial charge in [0.05, 0.1) is 0 Å². The highest BCUT2D eigenvalue weighted by Crippen LogP contribution is 2.41. The molecule has 0 unspecified atom stereocenters. The van der Waals surface area contributed by atoms with Crippen molar-refractivity contribution in [3.05, 3.63) is 170 Å². The van der Waals surface area contributed by atoms with E-state index < -0.39 is 0 Å². The minimum Gasteiger partial charge on any atom is -0.135 e. The van der Waals surface area contributed by atoms with Crippen molar-refractivity contribution >= 4 is 54.4 Å². The number of thiophene rings is 1. The molecule has 45 heavy (non-hydrogen) atoms. The zero-order chi connectivity index (χ0) is 29.7. The van der Waals surface area contributed by atoms with Gasteiger partial charge in [-0.3, -0.25) is 0 Å². The van der Waals surface area contributed by atoms with Crippen LogP contribution in [0.1, 0.15) is 0 Å². The Morgan fingerprint density at radius 3 is 0.889 bits per heavy atom. The normalized spacial score (nSPS) is 11.6. The van der Waals surface area contributed by atoms with Crippen LogP contribution in [0, 0.1) is 0 Å². The maximum atomic E-state index is 2.30. The largest absolute Gasteiger partial charge is 0.135 e. The third-order valence-corrected chi connectivity index (χ3v) is 10.2. The first-order valence-corrected chi connectivity index (χ1v) is 16.2. The highest BCUT2D eigenvalue weighted by atomic mass is 32.1. The monoisotopic (exact) mass is 588 g/mol. The van der Waals surface area contributed by atoms with Gasteiger partial charge in [0.15, 0.2) is 0 Å². The van der Waals surface area contributed by atoms with E-state index in [1.165, 1.54) is 86.2 Å². The fraction of sp³-hybridized carbons (Fsp3) is 0. The molecule has 0 radical (unpaired) electrons. The van der Waals surface area contributed by atoms with E-state index in [1.54, 1.807) is 0 Å². The SMILES string of the molecule is c1ccc2c(-c3ccc(-c4ccc(-c5ccc(-c6c7ccccc7cc7ccccc67)cc5)s4)cc3)c3ccccc3cc2c1. The molecule has 0 atom stereocenters. The summed E-state index contributed by atoms with van der Waals surface area (Å²) in [5.74, 6) is 0. The van der Waals surface area contributed by atoms with E-state index in [0.29, 0.717) is 0 Å². The molecule has 210 valence electrons. The Morgan fingerprint density at radius 1 is 0.267 bits per heavy atom. The Hall–Kier alpha value is -5.50. The van der Waals surface area contributed by atoms with E-state index in [4.69, 9.17) is 0 Å². The van der Waals surface area contributed by atoms with E-state index >= 15 is 0 Å². The van der Waals surface area contributed by atoms with Crippen molar-refractivity contribution in [3.8, 4) is 43.1 Å². The minimum atomic E-state index is 1.25. The average molecular weight is 589 g/mol. The van der Waals surface area contributed by atoms with Gasteiger partial charge in [-0.2, -0.15) is 0 Å². The molecular weight excluding hydrogens is 561 g/mol. The number of rotatable bonds is 4. The van der Waals surface area contributed by atoms with Gasteiger partial charge in [0.2, 0.25) is 0 Å². The van der Waals surface area contributed by atoms with Crippen LogP contribution in [0.5, 0.6) is 0 Å². The van der Waals surface area contributed by atoms with Crippen LogP contribution in [-0.2, 0) is 0 Å². The molecule has 0 fully saturated rings. The molecule has 8 aromatic carbocycles. The average Bonchev–Trinajstić information content (AvgIpc) is 3.60. The van der Waals surface area contributed by atoms with Crippen LogP contribution in [0.2, 0.25) is 0 Å². The standard InChI is InChI=1S/C44H28S/c1-5-13-37-33(9-1)27-34-10-2-6-14-38(34)43(37)31-21-17-29(18-22-31)41-25-26-42(45-41)30-19-23-32(24-20-30)44-39-15-7-3-11-35(39)28-36-12-4-8-16-40(36)44/h1-28H. The predicted octanol–water partition coefficient (Wildman–Crippen LogP) is 13.0. The molecule has 0 aliphatic carbocycles. The zero-order valence-electron chi connectivity index (χ0n) is 24.6. The van der Waals surface area contributed by atoms with Crippen molar-refractivity contribution in [3.63, 3.8) is 0 Å². The van der Waals surface area contributed by atoms with Gasteiger partial charge in [0.1, 0.15) is 0 Å². The molecule has 0 aliphatic heterocycles. The highest BCUT2D eigenvalue weighted by molar-refractivity contribution is 7.18. The predicted molar refractivity (Wildman–Crippen MR) is 196 cm³/mol. The Bertz CT molecular complexity index is 2230. The lowest BCUT2D eigenvalue weighted by Gasteiger charge is -2.12. The summed E-state index contributed by atoms with van der Waals surface area (Å²) >= 11 is 1.85. The number of hydrogen-bond acceptors (Lipinski definition) is 1. The van der Waals surface area contributed by atoms with Crippen molar-refractivity contribution in [2.45, 2.75) is 0 Å². The van der Waals surface area contributed by atoms with Crippen molar-refractivity contribution in [1.29, 1.82) is 0 Å². The topological polar surface area (TPSA) is 0 Å². The van der Waals surface area contributed by atoms with Crippen molar-refractivity contribution in [1.82, 2.24) is 0 Å². The molecule has 0 saturated carbocycles. The van der Waals surface area contributed by atoms with Crippen LogP contribution < -0.4 is 0 Å². The summed E-state index contributed by atoms with van der Waals surface area (Å²) in [7, 11) is 0. The van der Waals surface area contributed by atoms with Gasteiger partial charge in [0.25, 0.3) is 0 Å². The van der Waals surface area contributed by atoms with Crippen LogP contribution in [0.4, 0.5) is 0 Å². The van der Waals surface area contributed by atoms with Crippen molar-refractivity contribution < 1.29 is 0 Å². The quantitative estimate of drug-likeness (QED) is 0.179. The fourth-order valence-electron chi connectivity index (χ4n) is 6.90. The second-order valence-corrected chi connectivity index (χ2v) is 12.8. The summed E-state index contributed by atoms with van der Waals surface area (Å²) < 4.78 is 0. The van der Waals surface area contributed by atoms with Crippen molar-refractivity contribution in [2.75, 3.05) is 0 Å². The van der Waals surface area contributed by atoms with Gasteiger partial charge in [-0.15, -0.1) is 11.3 Å². The summed E-state index contributed by atoms with van der Waals surface area (Å²) in [6, 6.07) is 62.2. The van der Waals surface area contributed by atoms with E-state index in [9.17, 15) is 0 Å². The first kappa shape index (κ1) is 25.9. The lowest BCUT2D eigenvalue weighted by Crippen LogP contribution is -1.86. The van der Waals surface area contributed by atoms with E-state index in [2.05, 4.69) is 170 Å². The molecule has 0 amide bonds. The summed E-state index contributed by atoms with van der Waals surface area (Å²) in [6.07, 6.45) is 0. The molecule has 0 saturated heterocycles. The second kappa shape index (κ2) is 10.6. The first-order valence-electron chi connectivity index (χ1n) is 15.4. The number of benzene rings is 8. The van der Waals surface area contributed by atoms with Gasteiger partial charge in [-0.25, -0.2) is 0 Å². The molecule has 9 aromatic rings. The molecule has 0 aliphatic rings. The maximum absolute atomic E-state index is 2.30. The Balaban J connectivity index is 1.06. The van der Waals surface area contributed by atoms with E-state index in [0.717, 1.165) is 0 Å². The van der Waals surface area contributed by atoms with Gasteiger partial charge >= 0.3 is 0 Å². The Kier molecular flexibility index (Phi) is 6.11. The van der Waals surface area contributed by atoms with Crippen LogP contribution in [0.3, 0.4) is 0 Å². The lowest BCUT2D eigenvalue weighted by atomic mass is 9.91. The summed E-state index contributed by atoms with van der Waals surface area (Å²) in [6.45, 7) is 0. The van der Waals surface area contributed by atoms with Gasteiger partial charge in [0, 0.05) is 9.75 Å². The molecule has 1 heteroatoms. The molecule has 0 bridgehead atoms. The van der Waals surface area contributed by atoms with Gasteiger partial charge in [-0.1, -0.05) is 146 Å². The molecular formula is C44H28S. The van der Waals surface area contributed by atoms with Crippen molar-refractivity contribution in [2.24, 2.45) is 0 Å². The summed E-state index contributed by atoms with van der Waals surface area (Å²) in [5.41, 5.74) is 7.61. The van der Waals surface area contributed by atoms with Crippen LogP contribution in [0.25, 0.3) is 86.2 Å². The molecule has 1 aromatic heterocycles. The van der Waals surface area contributed by atoms with E-state index in [1.807, 2.05) is 11.3 Å². The van der Waals surface area contributed by atoms with Crippen LogP contribution in [-0.4, -0.2) is 0 Å². The fourth-order valence-corrected chi connectivity index (χ4v) is 7.92. The first-order chi connectivity index (χ1) is 22.3. The van der Waals surface area contributed by atoms with E-state index in [-0.39, 0.29) is 0 Å².